The molecule has 0 heterocycles. The molecule has 6 heteroatoms. The molecule has 17 heavy (non-hydrogen) atoms. The van der Waals surface area contributed by atoms with E-state index in [1.807, 2.05) is 22.6 Å². The first kappa shape index (κ1) is 14.4. The van der Waals surface area contributed by atoms with Gasteiger partial charge in [-0.3, -0.25) is 4.79 Å². The number of rotatable bonds is 5. The Hall–Kier alpha value is -0.660. The van der Waals surface area contributed by atoms with Crippen molar-refractivity contribution in [3.8, 4) is 0 Å². The molecule has 0 bridgehead atoms. The van der Waals surface area contributed by atoms with E-state index in [1.54, 1.807) is 12.1 Å². The summed E-state index contributed by atoms with van der Waals surface area (Å²) < 4.78 is 0.607. The summed E-state index contributed by atoms with van der Waals surface area (Å²) in [5, 5.41) is 18.3. The second kappa shape index (κ2) is 6.32. The van der Waals surface area contributed by atoms with Crippen LogP contribution in [0.5, 0.6) is 0 Å². The lowest BCUT2D eigenvalue weighted by Gasteiger charge is -2.12. The Balaban J connectivity index is 3.26. The highest BCUT2D eigenvalue weighted by molar-refractivity contribution is 14.1. The van der Waals surface area contributed by atoms with Gasteiger partial charge in [-0.2, -0.15) is 0 Å². The Morgan fingerprint density at radius 3 is 2.59 bits per heavy atom. The summed E-state index contributed by atoms with van der Waals surface area (Å²) in [6.07, 6.45) is -1.58. The fraction of sp³-hybridized carbons (Fsp3) is 0.273. The van der Waals surface area contributed by atoms with E-state index < -0.39 is 12.1 Å². The Morgan fingerprint density at radius 2 is 2.06 bits per heavy atom. The van der Waals surface area contributed by atoms with Gasteiger partial charge in [0.25, 0.3) is 0 Å². The number of hydrogen-bond donors (Lipinski definition) is 2. The lowest BCUT2D eigenvalue weighted by Crippen LogP contribution is -2.16. The molecule has 0 aliphatic rings. The maximum Gasteiger partial charge on any atom is 0.337 e. The van der Waals surface area contributed by atoms with Crippen molar-refractivity contribution in [3.63, 3.8) is 0 Å². The molecule has 4 nitrogen and oxygen atoms in total. The van der Waals surface area contributed by atoms with Crippen LogP contribution in [0.3, 0.4) is 0 Å². The number of carbonyl (C=O) groups is 2. The van der Waals surface area contributed by atoms with Crippen LogP contribution in [0.25, 0.3) is 0 Å². The van der Waals surface area contributed by atoms with Gasteiger partial charge >= 0.3 is 5.97 Å². The second-order valence-corrected chi connectivity index (χ2v) is 4.85. The topological polar surface area (TPSA) is 74.6 Å². The summed E-state index contributed by atoms with van der Waals surface area (Å²) in [7, 11) is 0. The molecule has 1 unspecified atom stereocenters. The number of halogens is 2. The van der Waals surface area contributed by atoms with Crippen LogP contribution in [0, 0.1) is 3.57 Å². The number of carboxylic acids is 1. The zero-order valence-electron chi connectivity index (χ0n) is 8.69. The van der Waals surface area contributed by atoms with Gasteiger partial charge in [-0.1, -0.05) is 12.1 Å². The van der Waals surface area contributed by atoms with Crippen molar-refractivity contribution in [2.75, 3.05) is 5.88 Å². The molecule has 92 valence electrons. The van der Waals surface area contributed by atoms with E-state index in [0.29, 0.717) is 3.57 Å². The minimum Gasteiger partial charge on any atom is -0.479 e. The molecule has 0 aliphatic heterocycles. The molecule has 0 saturated carbocycles. The van der Waals surface area contributed by atoms with Crippen molar-refractivity contribution in [2.45, 2.75) is 12.5 Å². The Bertz CT molecular complexity index is 447. The van der Waals surface area contributed by atoms with Crippen LogP contribution in [-0.4, -0.2) is 27.8 Å². The average molecular weight is 369 g/mol. The largest absolute Gasteiger partial charge is 0.479 e. The molecular weight excluding hydrogens is 358 g/mol. The molecule has 0 aromatic heterocycles. The van der Waals surface area contributed by atoms with Crippen molar-refractivity contribution in [2.24, 2.45) is 0 Å². The number of Topliss-reactive ketones (excluding diaryl/α,β-unsaturated/α-hetero) is 1. The van der Waals surface area contributed by atoms with Crippen molar-refractivity contribution in [1.29, 1.82) is 0 Å². The number of ketones is 1. The smallest absolute Gasteiger partial charge is 0.337 e. The number of benzene rings is 1. The van der Waals surface area contributed by atoms with Crippen LogP contribution in [0.2, 0.25) is 0 Å². The number of aliphatic hydroxyl groups is 1. The van der Waals surface area contributed by atoms with E-state index in [0.717, 1.165) is 0 Å². The quantitative estimate of drug-likeness (QED) is 0.475. The van der Waals surface area contributed by atoms with Gasteiger partial charge in [-0.15, -0.1) is 11.6 Å². The number of carbonyl (C=O) groups excluding carboxylic acids is 1. The highest BCUT2D eigenvalue weighted by Crippen LogP contribution is 2.24. The van der Waals surface area contributed by atoms with Gasteiger partial charge in [0.1, 0.15) is 0 Å². The lowest BCUT2D eigenvalue weighted by molar-refractivity contribution is -0.146. The van der Waals surface area contributed by atoms with Crippen LogP contribution in [0.1, 0.15) is 28.4 Å². The molecule has 1 aromatic rings. The van der Waals surface area contributed by atoms with Gasteiger partial charge in [-0.05, 0) is 28.7 Å². The highest BCUT2D eigenvalue weighted by Gasteiger charge is 2.24. The second-order valence-electron chi connectivity index (χ2n) is 3.31. The van der Waals surface area contributed by atoms with Crippen LogP contribution >= 0.6 is 34.2 Å². The molecule has 0 amide bonds. The van der Waals surface area contributed by atoms with Crippen LogP contribution in [0.15, 0.2) is 18.2 Å². The van der Waals surface area contributed by atoms with Crippen molar-refractivity contribution in [1.82, 2.24) is 0 Å². The van der Waals surface area contributed by atoms with Gasteiger partial charge in [0, 0.05) is 27.0 Å². The fourth-order valence-corrected chi connectivity index (χ4v) is 2.40. The molecule has 0 radical (unpaired) electrons. The molecule has 1 rings (SSSR count). The van der Waals surface area contributed by atoms with Crippen molar-refractivity contribution < 1.29 is 19.8 Å². The van der Waals surface area contributed by atoms with Crippen LogP contribution < -0.4 is 0 Å². The van der Waals surface area contributed by atoms with Gasteiger partial charge in [0.15, 0.2) is 11.9 Å². The number of aliphatic hydroxyl groups excluding tert-OH is 1. The minimum absolute atomic E-state index is 0.111. The fourth-order valence-electron chi connectivity index (χ4n) is 1.41. The highest BCUT2D eigenvalue weighted by atomic mass is 127. The molecule has 1 aromatic carbocycles. The molecule has 0 spiro atoms. The zero-order valence-corrected chi connectivity index (χ0v) is 11.6. The summed E-state index contributed by atoms with van der Waals surface area (Å²) in [4.78, 5) is 22.6. The van der Waals surface area contributed by atoms with Gasteiger partial charge in [-0.25, -0.2) is 4.79 Å². The van der Waals surface area contributed by atoms with Gasteiger partial charge in [0.05, 0.1) is 0 Å². The van der Waals surface area contributed by atoms with E-state index >= 15 is 0 Å². The SMILES string of the molecule is O=C(CCCl)c1c(I)cccc1C(O)C(=O)O. The maximum absolute atomic E-state index is 11.8. The van der Waals surface area contributed by atoms with Crippen molar-refractivity contribution >= 4 is 45.9 Å². The standard InChI is InChI=1S/C11H10ClIO4/c12-5-4-8(14)9-6(10(15)11(16)17)2-1-3-7(9)13/h1-3,10,15H,4-5H2,(H,16,17). The summed E-state index contributed by atoms with van der Waals surface area (Å²) >= 11 is 7.42. The van der Waals surface area contributed by atoms with E-state index in [4.69, 9.17) is 16.7 Å². The van der Waals surface area contributed by atoms with Gasteiger partial charge in [0.2, 0.25) is 0 Å². The summed E-state index contributed by atoms with van der Waals surface area (Å²) in [6, 6.07) is 4.71. The van der Waals surface area contributed by atoms with E-state index in [1.165, 1.54) is 6.07 Å². The number of carboxylic acid groups (broad SMARTS) is 1. The normalized spacial score (nSPS) is 12.2. The first-order chi connectivity index (χ1) is 7.99. The average Bonchev–Trinajstić information content (AvgIpc) is 2.27. The third-order valence-corrected chi connectivity index (χ3v) is 3.26. The number of hydrogen-bond acceptors (Lipinski definition) is 3. The Labute approximate surface area is 117 Å². The number of aliphatic carboxylic acids is 1. The minimum atomic E-state index is -1.70. The monoisotopic (exact) mass is 368 g/mol. The predicted molar refractivity (Wildman–Crippen MR) is 71.4 cm³/mol. The Morgan fingerprint density at radius 1 is 1.41 bits per heavy atom. The van der Waals surface area contributed by atoms with E-state index in [9.17, 15) is 14.7 Å². The number of alkyl halides is 1. The third kappa shape index (κ3) is 3.40. The molecule has 0 fully saturated rings. The molecule has 0 saturated heterocycles. The molecule has 0 aliphatic carbocycles. The third-order valence-electron chi connectivity index (χ3n) is 2.17. The lowest BCUT2D eigenvalue weighted by atomic mass is 9.98. The first-order valence-electron chi connectivity index (χ1n) is 4.77. The first-order valence-corrected chi connectivity index (χ1v) is 6.38. The zero-order chi connectivity index (χ0) is 13.0. The predicted octanol–water partition coefficient (Wildman–Crippen LogP) is 2.22. The van der Waals surface area contributed by atoms with Gasteiger partial charge < -0.3 is 10.2 Å². The van der Waals surface area contributed by atoms with Crippen LogP contribution in [-0.2, 0) is 4.79 Å². The Kier molecular flexibility index (Phi) is 5.35. The van der Waals surface area contributed by atoms with E-state index in [2.05, 4.69) is 0 Å². The molecule has 1 atom stereocenters. The molecular formula is C11H10ClIO4. The van der Waals surface area contributed by atoms with E-state index in [-0.39, 0.29) is 29.2 Å². The summed E-state index contributed by atoms with van der Waals surface area (Å²) in [5.41, 5.74) is 0.350. The summed E-state index contributed by atoms with van der Waals surface area (Å²) in [5.74, 6) is -1.49. The summed E-state index contributed by atoms with van der Waals surface area (Å²) in [6.45, 7) is 0. The maximum atomic E-state index is 11.8. The van der Waals surface area contributed by atoms with Crippen LogP contribution in [0.4, 0.5) is 0 Å². The van der Waals surface area contributed by atoms with Crippen molar-refractivity contribution in [3.05, 3.63) is 32.9 Å². The molecule has 2 N–H and O–H groups in total.